The van der Waals surface area contributed by atoms with Gasteiger partial charge in [-0.15, -0.1) is 0 Å². The van der Waals surface area contributed by atoms with Crippen LogP contribution in [0, 0.1) is 17.0 Å². The van der Waals surface area contributed by atoms with Crippen molar-refractivity contribution in [3.63, 3.8) is 0 Å². The van der Waals surface area contributed by atoms with Gasteiger partial charge in [-0.25, -0.2) is 4.98 Å². The van der Waals surface area contributed by atoms with Crippen LogP contribution in [0.25, 0.3) is 0 Å². The largest absolute Gasteiger partial charge is 0.359 e. The van der Waals surface area contributed by atoms with Gasteiger partial charge < -0.3 is 5.32 Å². The smallest absolute Gasteiger partial charge is 0.311 e. The van der Waals surface area contributed by atoms with Crippen LogP contribution in [0.5, 0.6) is 0 Å². The summed E-state index contributed by atoms with van der Waals surface area (Å²) in [4.78, 5) is 14.8. The molecule has 0 amide bonds. The Balaban J connectivity index is 2.30. The maximum atomic E-state index is 10.9. The summed E-state index contributed by atoms with van der Waals surface area (Å²) in [7, 11) is 0. The van der Waals surface area contributed by atoms with Gasteiger partial charge in [0, 0.05) is 17.3 Å². The highest BCUT2D eigenvalue weighted by Crippen LogP contribution is 2.34. The van der Waals surface area contributed by atoms with Gasteiger partial charge in [-0.05, 0) is 32.8 Å². The zero-order chi connectivity index (χ0) is 12.5. The van der Waals surface area contributed by atoms with Crippen LogP contribution in [-0.2, 0) is 0 Å². The molecule has 0 bridgehead atoms. The molecule has 0 radical (unpaired) electrons. The minimum absolute atomic E-state index is 0.0500. The van der Waals surface area contributed by atoms with E-state index in [4.69, 9.17) is 0 Å². The van der Waals surface area contributed by atoms with Crippen molar-refractivity contribution in [1.82, 2.24) is 4.98 Å². The summed E-state index contributed by atoms with van der Waals surface area (Å²) in [6.07, 6.45) is 4.42. The monoisotopic (exact) mass is 235 g/mol. The molecule has 5 nitrogen and oxygen atoms in total. The molecular weight excluding hydrogens is 218 g/mol. The molecule has 1 aliphatic carbocycles. The van der Waals surface area contributed by atoms with Crippen molar-refractivity contribution in [3.8, 4) is 0 Å². The summed E-state index contributed by atoms with van der Waals surface area (Å²) in [5.41, 5.74) is 0.800. The molecule has 1 aromatic rings. The number of hydrogen-bond donors (Lipinski definition) is 1. The lowest BCUT2D eigenvalue weighted by Crippen LogP contribution is -2.31. The minimum Gasteiger partial charge on any atom is -0.359 e. The molecule has 0 atom stereocenters. The number of aromatic nitrogens is 1. The first-order valence-corrected chi connectivity index (χ1v) is 5.90. The fourth-order valence-corrected chi connectivity index (χ4v) is 2.35. The Morgan fingerprint density at radius 1 is 1.41 bits per heavy atom. The Morgan fingerprint density at radius 2 is 2.06 bits per heavy atom. The number of nitro groups is 1. The van der Waals surface area contributed by atoms with Crippen molar-refractivity contribution < 1.29 is 4.92 Å². The second kappa shape index (κ2) is 4.31. The molecule has 17 heavy (non-hydrogen) atoms. The number of anilines is 1. The van der Waals surface area contributed by atoms with E-state index in [0.717, 1.165) is 18.5 Å². The van der Waals surface area contributed by atoms with E-state index < -0.39 is 0 Å². The fraction of sp³-hybridized carbons (Fsp3) is 0.583. The summed E-state index contributed by atoms with van der Waals surface area (Å²) in [6.45, 7) is 3.94. The van der Waals surface area contributed by atoms with Crippen molar-refractivity contribution in [3.05, 3.63) is 27.9 Å². The van der Waals surface area contributed by atoms with E-state index in [1.807, 2.05) is 6.92 Å². The van der Waals surface area contributed by atoms with E-state index in [0.29, 0.717) is 5.82 Å². The Kier molecular flexibility index (Phi) is 3.00. The highest BCUT2D eigenvalue weighted by Gasteiger charge is 2.31. The van der Waals surface area contributed by atoms with Crippen molar-refractivity contribution in [1.29, 1.82) is 0 Å². The first-order valence-electron chi connectivity index (χ1n) is 5.90. The predicted octanol–water partition coefficient (Wildman–Crippen LogP) is 3.04. The number of nitrogens with zero attached hydrogens (tertiary/aromatic N) is 2. The standard InChI is InChI=1S/C12H17N3O2/c1-9-5-6-10(15(16)17)11(13-9)14-12(2)7-3-4-8-12/h5-6H,3-4,7-8H2,1-2H3,(H,13,14). The lowest BCUT2D eigenvalue weighted by molar-refractivity contribution is -0.384. The van der Waals surface area contributed by atoms with E-state index in [-0.39, 0.29) is 16.1 Å². The molecular formula is C12H17N3O2. The Bertz CT molecular complexity index is 439. The fourth-order valence-electron chi connectivity index (χ4n) is 2.35. The minimum atomic E-state index is -0.382. The molecule has 0 aliphatic heterocycles. The SMILES string of the molecule is Cc1ccc([N+](=O)[O-])c(NC2(C)CCCC2)n1. The van der Waals surface area contributed by atoms with Gasteiger partial charge in [-0.1, -0.05) is 12.8 Å². The number of pyridine rings is 1. The number of rotatable bonds is 3. The second-order valence-corrected chi connectivity index (χ2v) is 4.97. The molecule has 1 aliphatic rings. The van der Waals surface area contributed by atoms with Crippen molar-refractivity contribution in [2.75, 3.05) is 5.32 Å². The van der Waals surface area contributed by atoms with Gasteiger partial charge in [-0.3, -0.25) is 10.1 Å². The van der Waals surface area contributed by atoms with E-state index in [1.165, 1.54) is 18.9 Å². The summed E-state index contributed by atoms with van der Waals surface area (Å²) < 4.78 is 0. The summed E-state index contributed by atoms with van der Waals surface area (Å²) >= 11 is 0. The molecule has 0 unspecified atom stereocenters. The Morgan fingerprint density at radius 3 is 2.65 bits per heavy atom. The lowest BCUT2D eigenvalue weighted by atomic mass is 10.0. The van der Waals surface area contributed by atoms with E-state index in [9.17, 15) is 10.1 Å². The first kappa shape index (κ1) is 11.8. The van der Waals surface area contributed by atoms with E-state index in [2.05, 4.69) is 17.2 Å². The zero-order valence-electron chi connectivity index (χ0n) is 10.2. The Labute approximate surface area is 100 Å². The normalized spacial score (nSPS) is 18.0. The van der Waals surface area contributed by atoms with Crippen LogP contribution in [0.3, 0.4) is 0 Å². The number of aryl methyl sites for hydroxylation is 1. The van der Waals surface area contributed by atoms with Crippen LogP contribution in [0.15, 0.2) is 12.1 Å². The molecule has 1 N–H and O–H groups in total. The molecule has 92 valence electrons. The predicted molar refractivity (Wildman–Crippen MR) is 66.1 cm³/mol. The maximum Gasteiger partial charge on any atom is 0.311 e. The number of nitrogens with one attached hydrogen (secondary N) is 1. The Hall–Kier alpha value is -1.65. The molecule has 1 saturated carbocycles. The average Bonchev–Trinajstić information content (AvgIpc) is 2.64. The number of hydrogen-bond acceptors (Lipinski definition) is 4. The molecule has 1 heterocycles. The van der Waals surface area contributed by atoms with Gasteiger partial charge in [0.05, 0.1) is 4.92 Å². The van der Waals surface area contributed by atoms with Gasteiger partial charge in [0.1, 0.15) is 0 Å². The zero-order valence-corrected chi connectivity index (χ0v) is 10.2. The van der Waals surface area contributed by atoms with E-state index >= 15 is 0 Å². The maximum absolute atomic E-state index is 10.9. The van der Waals surface area contributed by atoms with Crippen LogP contribution >= 0.6 is 0 Å². The third-order valence-electron chi connectivity index (χ3n) is 3.34. The van der Waals surface area contributed by atoms with Crippen molar-refractivity contribution >= 4 is 11.5 Å². The first-order chi connectivity index (χ1) is 8.00. The van der Waals surface area contributed by atoms with Gasteiger partial charge in [0.25, 0.3) is 0 Å². The molecule has 1 fully saturated rings. The van der Waals surface area contributed by atoms with Crippen molar-refractivity contribution in [2.24, 2.45) is 0 Å². The molecule has 2 rings (SSSR count). The summed E-state index contributed by atoms with van der Waals surface area (Å²) in [5, 5.41) is 14.2. The highest BCUT2D eigenvalue weighted by atomic mass is 16.6. The average molecular weight is 235 g/mol. The highest BCUT2D eigenvalue weighted by molar-refractivity contribution is 5.57. The van der Waals surface area contributed by atoms with Gasteiger partial charge in [0.15, 0.2) is 0 Å². The van der Waals surface area contributed by atoms with Crippen LogP contribution < -0.4 is 5.32 Å². The molecule has 0 saturated heterocycles. The van der Waals surface area contributed by atoms with Crippen LogP contribution in [-0.4, -0.2) is 15.4 Å². The molecule has 0 aromatic carbocycles. The molecule has 5 heteroatoms. The molecule has 0 spiro atoms. The topological polar surface area (TPSA) is 68.1 Å². The molecule has 1 aromatic heterocycles. The van der Waals surface area contributed by atoms with Gasteiger partial charge >= 0.3 is 5.69 Å². The lowest BCUT2D eigenvalue weighted by Gasteiger charge is -2.25. The quantitative estimate of drug-likeness (QED) is 0.645. The summed E-state index contributed by atoms with van der Waals surface area (Å²) in [6, 6.07) is 3.18. The second-order valence-electron chi connectivity index (χ2n) is 4.97. The van der Waals surface area contributed by atoms with Crippen molar-refractivity contribution in [2.45, 2.75) is 45.1 Å². The van der Waals surface area contributed by atoms with Gasteiger partial charge in [0.2, 0.25) is 5.82 Å². The van der Waals surface area contributed by atoms with Crippen LogP contribution in [0.2, 0.25) is 0 Å². The van der Waals surface area contributed by atoms with Gasteiger partial charge in [-0.2, -0.15) is 0 Å². The third-order valence-corrected chi connectivity index (χ3v) is 3.34. The van der Waals surface area contributed by atoms with Crippen LogP contribution in [0.4, 0.5) is 11.5 Å². The summed E-state index contributed by atoms with van der Waals surface area (Å²) in [5.74, 6) is 0.402. The van der Waals surface area contributed by atoms with Crippen LogP contribution in [0.1, 0.15) is 38.3 Å². The third kappa shape index (κ3) is 2.54. The van der Waals surface area contributed by atoms with E-state index in [1.54, 1.807) is 6.07 Å².